The summed E-state index contributed by atoms with van der Waals surface area (Å²) in [4.78, 5) is 28.4. The molecule has 0 aliphatic carbocycles. The average Bonchev–Trinajstić information content (AvgIpc) is 3.35. The molecule has 8 heteroatoms. The molecule has 4 rings (SSSR count). The summed E-state index contributed by atoms with van der Waals surface area (Å²) in [7, 11) is 0. The summed E-state index contributed by atoms with van der Waals surface area (Å²) in [6, 6.07) is 12.2. The Morgan fingerprint density at radius 2 is 1.08 bits per heavy atom. The van der Waals surface area contributed by atoms with E-state index in [1.807, 2.05) is 90.7 Å². The lowest BCUT2D eigenvalue weighted by atomic mass is 10.0. The lowest BCUT2D eigenvalue weighted by Crippen LogP contribution is -2.26. The quantitative estimate of drug-likeness (QED) is 0.244. The predicted molar refractivity (Wildman–Crippen MR) is 154 cm³/mol. The van der Waals surface area contributed by atoms with Gasteiger partial charge in [-0.2, -0.15) is 0 Å². The van der Waals surface area contributed by atoms with Gasteiger partial charge in [0.05, 0.1) is 11.0 Å². The smallest absolute Gasteiger partial charge is 0.419 e. The number of aromatic nitrogens is 2. The number of hydrogen-bond acceptors (Lipinski definition) is 6. The van der Waals surface area contributed by atoms with E-state index in [9.17, 15) is 9.59 Å². The number of thioether (sulfide) groups is 2. The van der Waals surface area contributed by atoms with Crippen LogP contribution >= 0.6 is 23.5 Å². The van der Waals surface area contributed by atoms with E-state index in [1.165, 1.54) is 0 Å². The molecule has 196 valence electrons. The Kier molecular flexibility index (Phi) is 7.45. The lowest BCUT2D eigenvalue weighted by Gasteiger charge is -2.19. The van der Waals surface area contributed by atoms with Crippen LogP contribution in [0.3, 0.4) is 0 Å². The van der Waals surface area contributed by atoms with Crippen LogP contribution in [-0.2, 0) is 15.9 Å². The van der Waals surface area contributed by atoms with E-state index in [4.69, 9.17) is 9.47 Å². The largest absolute Gasteiger partial charge is 0.443 e. The molecule has 0 bridgehead atoms. The molecule has 4 aromatic rings. The molecule has 6 nitrogen and oxygen atoms in total. The fraction of sp³-hybridized carbons (Fsp3) is 0.379. The van der Waals surface area contributed by atoms with Crippen molar-refractivity contribution in [2.24, 2.45) is 0 Å². The second-order valence-corrected chi connectivity index (χ2v) is 12.7. The maximum absolute atomic E-state index is 13.1. The highest BCUT2D eigenvalue weighted by molar-refractivity contribution is 7.98. The van der Waals surface area contributed by atoms with Gasteiger partial charge in [0.15, 0.2) is 0 Å². The number of fused-ring (bicyclic) bond motifs is 2. The van der Waals surface area contributed by atoms with Crippen LogP contribution in [0.5, 0.6) is 0 Å². The third-order valence-electron chi connectivity index (χ3n) is 5.75. The highest BCUT2D eigenvalue weighted by Gasteiger charge is 2.24. The van der Waals surface area contributed by atoms with E-state index < -0.39 is 23.4 Å². The summed E-state index contributed by atoms with van der Waals surface area (Å²) >= 11 is 3.31. The van der Waals surface area contributed by atoms with Gasteiger partial charge in [0, 0.05) is 39.4 Å². The van der Waals surface area contributed by atoms with E-state index in [2.05, 4.69) is 12.1 Å². The second kappa shape index (κ2) is 10.1. The first kappa shape index (κ1) is 27.2. The van der Waals surface area contributed by atoms with Gasteiger partial charge in [-0.05, 0) is 102 Å². The molecule has 0 aliphatic rings. The number of hydrogen-bond donors (Lipinski definition) is 0. The maximum atomic E-state index is 13.1. The van der Waals surface area contributed by atoms with Gasteiger partial charge in [0.2, 0.25) is 0 Å². The highest BCUT2D eigenvalue weighted by atomic mass is 32.2. The minimum atomic E-state index is -0.609. The van der Waals surface area contributed by atoms with Gasteiger partial charge < -0.3 is 9.47 Å². The minimum Gasteiger partial charge on any atom is -0.443 e. The molecule has 2 aromatic carbocycles. The molecule has 0 fully saturated rings. The van der Waals surface area contributed by atoms with Crippen LogP contribution in [0.15, 0.2) is 58.6 Å². The summed E-state index contributed by atoms with van der Waals surface area (Å²) < 4.78 is 14.5. The van der Waals surface area contributed by atoms with Crippen LogP contribution < -0.4 is 0 Å². The molecular formula is C29H34N2O4S2. The first-order valence-corrected chi connectivity index (χ1v) is 14.6. The van der Waals surface area contributed by atoms with Crippen LogP contribution in [-0.4, -0.2) is 45.0 Å². The van der Waals surface area contributed by atoms with Crippen molar-refractivity contribution in [3.8, 4) is 0 Å². The molecule has 0 aliphatic heterocycles. The molecule has 2 heterocycles. The second-order valence-electron chi connectivity index (χ2n) is 11.0. The number of carbonyl (C=O) groups is 2. The van der Waals surface area contributed by atoms with E-state index >= 15 is 0 Å². The zero-order valence-corrected chi connectivity index (χ0v) is 24.3. The van der Waals surface area contributed by atoms with Gasteiger partial charge >= 0.3 is 12.2 Å². The van der Waals surface area contributed by atoms with Crippen LogP contribution in [0.1, 0.15) is 52.7 Å². The van der Waals surface area contributed by atoms with E-state index in [-0.39, 0.29) is 0 Å². The van der Waals surface area contributed by atoms with E-state index in [0.29, 0.717) is 6.42 Å². The third-order valence-corrected chi connectivity index (χ3v) is 7.20. The summed E-state index contributed by atoms with van der Waals surface area (Å²) in [6.07, 6.45) is 7.49. The Hall–Kier alpha value is -2.84. The number of ether oxygens (including phenoxy) is 2. The molecule has 0 saturated heterocycles. The van der Waals surface area contributed by atoms with Gasteiger partial charge in [0.25, 0.3) is 0 Å². The van der Waals surface area contributed by atoms with Crippen LogP contribution in [0.25, 0.3) is 21.8 Å². The Labute approximate surface area is 226 Å². The van der Waals surface area contributed by atoms with Crippen molar-refractivity contribution in [2.75, 3.05) is 12.5 Å². The maximum Gasteiger partial charge on any atom is 0.419 e. The third kappa shape index (κ3) is 6.02. The van der Waals surface area contributed by atoms with Gasteiger partial charge in [-0.3, -0.25) is 9.13 Å². The van der Waals surface area contributed by atoms with Crippen molar-refractivity contribution >= 4 is 57.5 Å². The first-order valence-electron chi connectivity index (χ1n) is 12.1. The first-order chi connectivity index (χ1) is 17.3. The Morgan fingerprint density at radius 3 is 1.41 bits per heavy atom. The Balaban J connectivity index is 1.86. The number of benzene rings is 2. The zero-order valence-electron chi connectivity index (χ0n) is 22.7. The SMILES string of the molecule is CSc1ccc2c(c1)c(Cc1cn(C(=O)OC(C)(C)C)c3ccc(SC)cc13)cn2C(=O)OC(C)(C)C. The number of carbonyl (C=O) groups excluding carboxylic acids is 2. The Bertz CT molecular complexity index is 1370. The molecule has 37 heavy (non-hydrogen) atoms. The molecule has 0 unspecified atom stereocenters. The molecule has 0 amide bonds. The molecule has 0 saturated carbocycles. The molecule has 0 atom stereocenters. The normalized spacial score (nSPS) is 12.3. The molecule has 2 aromatic heterocycles. The van der Waals surface area contributed by atoms with Crippen LogP contribution in [0, 0.1) is 0 Å². The zero-order chi connectivity index (χ0) is 27.1. The van der Waals surface area contributed by atoms with Gasteiger partial charge in [-0.15, -0.1) is 23.5 Å². The van der Waals surface area contributed by atoms with Crippen molar-refractivity contribution in [1.29, 1.82) is 0 Å². The highest BCUT2D eigenvalue weighted by Crippen LogP contribution is 2.33. The molecule has 0 radical (unpaired) electrons. The van der Waals surface area contributed by atoms with Gasteiger partial charge in [-0.25, -0.2) is 9.59 Å². The van der Waals surface area contributed by atoms with Crippen LogP contribution in [0.4, 0.5) is 9.59 Å². The lowest BCUT2D eigenvalue weighted by molar-refractivity contribution is 0.0533. The van der Waals surface area contributed by atoms with E-state index in [0.717, 1.165) is 42.7 Å². The fourth-order valence-corrected chi connectivity index (χ4v) is 5.10. The number of rotatable bonds is 4. The summed E-state index contributed by atoms with van der Waals surface area (Å²) in [5.74, 6) is 0. The number of nitrogens with zero attached hydrogens (tertiary/aromatic N) is 2. The monoisotopic (exact) mass is 538 g/mol. The predicted octanol–water partition coefficient (Wildman–Crippen LogP) is 8.20. The summed E-state index contributed by atoms with van der Waals surface area (Å²) in [5.41, 5.74) is 2.33. The topological polar surface area (TPSA) is 62.5 Å². The van der Waals surface area contributed by atoms with E-state index in [1.54, 1.807) is 32.7 Å². The van der Waals surface area contributed by atoms with Crippen molar-refractivity contribution in [1.82, 2.24) is 9.13 Å². The van der Waals surface area contributed by atoms with Crippen molar-refractivity contribution < 1.29 is 19.1 Å². The average molecular weight is 539 g/mol. The standard InChI is InChI=1S/C29H34N2O4S2/c1-28(2,3)34-26(32)30-16-18(22-14-20(36-7)9-11-24(22)30)13-19-17-31(27(33)35-29(4,5)6)25-12-10-21(37-8)15-23(19)25/h9-12,14-17H,13H2,1-8H3. The molecular weight excluding hydrogens is 504 g/mol. The Morgan fingerprint density at radius 1 is 0.703 bits per heavy atom. The van der Waals surface area contributed by atoms with Crippen molar-refractivity contribution in [3.05, 3.63) is 59.9 Å². The van der Waals surface area contributed by atoms with Crippen molar-refractivity contribution in [2.45, 2.75) is 69.0 Å². The van der Waals surface area contributed by atoms with Crippen LogP contribution in [0.2, 0.25) is 0 Å². The fourth-order valence-electron chi connectivity index (χ4n) is 4.22. The minimum absolute atomic E-state index is 0.415. The summed E-state index contributed by atoms with van der Waals surface area (Å²) in [6.45, 7) is 11.2. The summed E-state index contributed by atoms with van der Waals surface area (Å²) in [5, 5.41) is 1.97. The van der Waals surface area contributed by atoms with Gasteiger partial charge in [0.1, 0.15) is 11.2 Å². The van der Waals surface area contributed by atoms with Crippen molar-refractivity contribution in [3.63, 3.8) is 0 Å². The molecule has 0 spiro atoms. The molecule has 0 N–H and O–H groups in total. The van der Waals surface area contributed by atoms with Gasteiger partial charge in [-0.1, -0.05) is 0 Å².